The average molecular weight is 345 g/mol. The molecule has 2 atom stereocenters. The average Bonchev–Trinajstić information content (AvgIpc) is 2.79. The number of carbonyl (C=O) groups excluding carboxylic acids is 1. The maximum Gasteiger partial charge on any atom is 0.241 e. The molecule has 126 valence electrons. The maximum atomic E-state index is 12.8. The van der Waals surface area contributed by atoms with Crippen molar-refractivity contribution < 1.29 is 4.79 Å². The monoisotopic (exact) mass is 344 g/mol. The highest BCUT2D eigenvalue weighted by Gasteiger charge is 2.32. The van der Waals surface area contributed by atoms with Crippen LogP contribution < -0.4 is 5.32 Å². The van der Waals surface area contributed by atoms with Gasteiger partial charge < -0.3 is 5.32 Å². The summed E-state index contributed by atoms with van der Waals surface area (Å²) in [7, 11) is 0. The lowest BCUT2D eigenvalue weighted by Crippen LogP contribution is -2.49. The second-order valence-electron chi connectivity index (χ2n) is 6.19. The van der Waals surface area contributed by atoms with Crippen molar-refractivity contribution in [1.29, 1.82) is 0 Å². The number of aryl methyl sites for hydroxylation is 2. The molecule has 1 fully saturated rings. The molecule has 0 spiro atoms. The predicted octanol–water partition coefficient (Wildman–Crippen LogP) is 4.63. The molecule has 0 bridgehead atoms. The molecule has 1 aromatic rings. The Labute approximate surface area is 144 Å². The van der Waals surface area contributed by atoms with Crippen LogP contribution in [0.5, 0.6) is 0 Å². The molecule has 1 aliphatic rings. The lowest BCUT2D eigenvalue weighted by Gasteiger charge is -2.38. The Hall–Kier alpha value is -0.580. The number of halogens is 1. The molecule has 3 nitrogen and oxygen atoms in total. The van der Waals surface area contributed by atoms with Crippen LogP contribution in [0, 0.1) is 19.8 Å². The van der Waals surface area contributed by atoms with Crippen LogP contribution in [0.25, 0.3) is 0 Å². The van der Waals surface area contributed by atoms with Crippen molar-refractivity contribution in [3.63, 3.8) is 0 Å². The third kappa shape index (κ3) is 4.46. The lowest BCUT2D eigenvalue weighted by atomic mass is 9.88. The number of carbonyl (C=O) groups is 1. The predicted molar refractivity (Wildman–Crippen MR) is 98.3 cm³/mol. The summed E-state index contributed by atoms with van der Waals surface area (Å²) in [5, 5.41) is 5.31. The summed E-state index contributed by atoms with van der Waals surface area (Å²) in [5.74, 6) is 0.879. The number of hydrogen-bond acceptors (Lipinski definition) is 3. The third-order valence-corrected chi connectivity index (χ3v) is 5.65. The van der Waals surface area contributed by atoms with Crippen molar-refractivity contribution in [3.05, 3.63) is 15.8 Å². The number of likely N-dealkylation sites (tertiary alicyclic amines) is 1. The summed E-state index contributed by atoms with van der Waals surface area (Å²) < 4.78 is 0. The van der Waals surface area contributed by atoms with Crippen LogP contribution in [-0.2, 0) is 4.79 Å². The summed E-state index contributed by atoms with van der Waals surface area (Å²) in [6, 6.07) is 0.0438. The van der Waals surface area contributed by atoms with Crippen molar-refractivity contribution in [2.75, 3.05) is 18.4 Å². The van der Waals surface area contributed by atoms with Gasteiger partial charge in [0.05, 0.1) is 11.7 Å². The number of piperidine rings is 1. The zero-order valence-electron chi connectivity index (χ0n) is 14.1. The zero-order valence-corrected chi connectivity index (χ0v) is 15.8. The van der Waals surface area contributed by atoms with E-state index in [0.29, 0.717) is 5.92 Å². The molecule has 1 aromatic heterocycles. The molecule has 2 rings (SSSR count). The van der Waals surface area contributed by atoms with Gasteiger partial charge in [-0.05, 0) is 63.1 Å². The van der Waals surface area contributed by atoms with Gasteiger partial charge in [0, 0.05) is 4.88 Å². The molecule has 22 heavy (non-hydrogen) atoms. The van der Waals surface area contributed by atoms with Gasteiger partial charge in [0.2, 0.25) is 5.91 Å². The minimum atomic E-state index is 0. The lowest BCUT2D eigenvalue weighted by molar-refractivity contribution is -0.123. The highest BCUT2D eigenvalue weighted by atomic mass is 35.5. The summed E-state index contributed by atoms with van der Waals surface area (Å²) in [6.45, 7) is 10.7. The van der Waals surface area contributed by atoms with E-state index in [1.165, 1.54) is 23.3 Å². The highest BCUT2D eigenvalue weighted by molar-refractivity contribution is 7.10. The van der Waals surface area contributed by atoms with E-state index in [4.69, 9.17) is 0 Å². The van der Waals surface area contributed by atoms with Crippen molar-refractivity contribution >= 4 is 35.3 Å². The molecule has 1 saturated heterocycles. The van der Waals surface area contributed by atoms with Gasteiger partial charge in [0.1, 0.15) is 0 Å². The SMILES string of the molecule is CCCN1CC[C@@H](CC)C[C@H]1C(=O)Nc1c(C)csc1C.Cl. The first-order valence-corrected chi connectivity index (χ1v) is 9.04. The van der Waals surface area contributed by atoms with Crippen LogP contribution >= 0.6 is 23.7 Å². The van der Waals surface area contributed by atoms with E-state index >= 15 is 0 Å². The molecular formula is C17H29ClN2OS. The minimum absolute atomic E-state index is 0. The van der Waals surface area contributed by atoms with Crippen LogP contribution in [-0.4, -0.2) is 29.9 Å². The van der Waals surface area contributed by atoms with E-state index < -0.39 is 0 Å². The highest BCUT2D eigenvalue weighted by Crippen LogP contribution is 2.29. The number of hydrogen-bond donors (Lipinski definition) is 1. The Balaban J connectivity index is 0.00000242. The van der Waals surface area contributed by atoms with E-state index in [1.807, 2.05) is 0 Å². The smallest absolute Gasteiger partial charge is 0.241 e. The van der Waals surface area contributed by atoms with Crippen LogP contribution in [0.3, 0.4) is 0 Å². The first kappa shape index (κ1) is 19.5. The molecule has 0 unspecified atom stereocenters. The Kier molecular flexibility index (Phi) is 7.87. The number of amides is 1. The van der Waals surface area contributed by atoms with Gasteiger partial charge >= 0.3 is 0 Å². The molecule has 5 heteroatoms. The fourth-order valence-electron chi connectivity index (χ4n) is 3.25. The largest absolute Gasteiger partial charge is 0.323 e. The van der Waals surface area contributed by atoms with Crippen molar-refractivity contribution in [2.45, 2.75) is 59.4 Å². The molecule has 1 N–H and O–H groups in total. The van der Waals surface area contributed by atoms with Crippen LogP contribution in [0.15, 0.2) is 5.38 Å². The van der Waals surface area contributed by atoms with E-state index in [2.05, 4.69) is 43.3 Å². The number of nitrogens with zero attached hydrogens (tertiary/aromatic N) is 1. The fourth-order valence-corrected chi connectivity index (χ4v) is 4.05. The second kappa shape index (κ2) is 8.90. The van der Waals surface area contributed by atoms with Crippen LogP contribution in [0.4, 0.5) is 5.69 Å². The molecule has 1 aliphatic heterocycles. The normalized spacial score (nSPS) is 22.2. The molecule has 0 saturated carbocycles. The Morgan fingerprint density at radius 2 is 2.14 bits per heavy atom. The van der Waals surface area contributed by atoms with Crippen molar-refractivity contribution in [2.24, 2.45) is 5.92 Å². The van der Waals surface area contributed by atoms with Gasteiger partial charge in [-0.2, -0.15) is 0 Å². The summed E-state index contributed by atoms with van der Waals surface area (Å²) in [4.78, 5) is 16.3. The number of rotatable bonds is 5. The molecule has 0 aromatic carbocycles. The van der Waals surface area contributed by atoms with Gasteiger partial charge in [0.25, 0.3) is 0 Å². The Morgan fingerprint density at radius 3 is 2.68 bits per heavy atom. The number of nitrogens with one attached hydrogen (secondary N) is 1. The van der Waals surface area contributed by atoms with Gasteiger partial charge in [-0.15, -0.1) is 23.7 Å². The molecule has 0 aliphatic carbocycles. The van der Waals surface area contributed by atoms with Crippen molar-refractivity contribution in [1.82, 2.24) is 4.90 Å². The third-order valence-electron chi connectivity index (χ3n) is 4.62. The van der Waals surface area contributed by atoms with Gasteiger partial charge in [-0.3, -0.25) is 9.69 Å². The summed E-state index contributed by atoms with van der Waals surface area (Å²) in [6.07, 6.45) is 4.53. The first-order valence-electron chi connectivity index (χ1n) is 8.16. The summed E-state index contributed by atoms with van der Waals surface area (Å²) >= 11 is 1.71. The molecule has 1 amide bonds. The van der Waals surface area contributed by atoms with E-state index in [9.17, 15) is 4.79 Å². The summed E-state index contributed by atoms with van der Waals surface area (Å²) in [5.41, 5.74) is 2.20. The Bertz CT molecular complexity index is 470. The number of thiophene rings is 1. The quantitative estimate of drug-likeness (QED) is 0.844. The van der Waals surface area contributed by atoms with Gasteiger partial charge in [-0.25, -0.2) is 0 Å². The minimum Gasteiger partial charge on any atom is -0.323 e. The van der Waals surface area contributed by atoms with Crippen LogP contribution in [0.2, 0.25) is 0 Å². The molecular weight excluding hydrogens is 316 g/mol. The van der Waals surface area contributed by atoms with E-state index in [0.717, 1.165) is 31.6 Å². The Morgan fingerprint density at radius 1 is 1.41 bits per heavy atom. The molecule has 0 radical (unpaired) electrons. The van der Waals surface area contributed by atoms with Crippen LogP contribution in [0.1, 0.15) is 50.0 Å². The maximum absolute atomic E-state index is 12.8. The topological polar surface area (TPSA) is 32.3 Å². The fraction of sp³-hybridized carbons (Fsp3) is 0.706. The second-order valence-corrected chi connectivity index (χ2v) is 7.27. The molecule has 2 heterocycles. The standard InChI is InChI=1S/C17H28N2OS.ClH/c1-5-8-19-9-7-14(6-2)10-15(19)17(20)18-16-12(3)11-21-13(16)4;/h11,14-15H,5-10H2,1-4H3,(H,18,20);1H/t14-,15+;/m1./s1. The first-order chi connectivity index (χ1) is 10.1. The number of anilines is 1. The van der Waals surface area contributed by atoms with E-state index in [1.54, 1.807) is 11.3 Å². The zero-order chi connectivity index (χ0) is 15.4. The van der Waals surface area contributed by atoms with Gasteiger partial charge in [0.15, 0.2) is 0 Å². The van der Waals surface area contributed by atoms with Gasteiger partial charge in [-0.1, -0.05) is 20.3 Å². The van der Waals surface area contributed by atoms with E-state index in [-0.39, 0.29) is 24.4 Å². The van der Waals surface area contributed by atoms with Crippen molar-refractivity contribution in [3.8, 4) is 0 Å².